The molecule has 0 spiro atoms. The third-order valence-electron chi connectivity index (χ3n) is 6.61. The molecule has 0 saturated carbocycles. The van der Waals surface area contributed by atoms with Gasteiger partial charge in [-0.05, 0) is 32.0 Å². The van der Waals surface area contributed by atoms with Gasteiger partial charge in [-0.3, -0.25) is 14.4 Å². The number of nitrogens with one attached hydrogen (secondary N) is 5. The monoisotopic (exact) mass is 1120 g/mol. The minimum Gasteiger partial charge on any atom is -0.528 e. The molecule has 0 fully saturated rings. The average molecular weight is 1120 g/mol. The van der Waals surface area contributed by atoms with Crippen molar-refractivity contribution in [2.24, 2.45) is 0 Å². The summed E-state index contributed by atoms with van der Waals surface area (Å²) in [4.78, 5) is 67.9. The molecule has 1 aromatic rings. The van der Waals surface area contributed by atoms with Gasteiger partial charge in [0.25, 0.3) is 5.91 Å². The summed E-state index contributed by atoms with van der Waals surface area (Å²) >= 11 is 0. The maximum atomic E-state index is 13.0. The summed E-state index contributed by atoms with van der Waals surface area (Å²) in [7, 11) is 1.62. The summed E-state index contributed by atoms with van der Waals surface area (Å²) in [6, 6.07) is 3.95. The molecule has 5 amide bonds. The second-order valence-electron chi connectivity index (χ2n) is 11.6. The van der Waals surface area contributed by atoms with E-state index >= 15 is 0 Å². The Morgan fingerprint density at radius 2 is 1.20 bits per heavy atom. The van der Waals surface area contributed by atoms with Gasteiger partial charge < -0.3 is 79.1 Å². The molecule has 0 aliphatic rings. The van der Waals surface area contributed by atoms with Crippen LogP contribution in [0.25, 0.3) is 0 Å². The van der Waals surface area contributed by atoms with Crippen LogP contribution in [0.3, 0.4) is 0 Å². The number of hydrogen-bond acceptors (Lipinski definition) is 15. The van der Waals surface area contributed by atoms with E-state index in [0.29, 0.717) is 91.4 Å². The molecule has 0 radical (unpaired) electrons. The van der Waals surface area contributed by atoms with Crippen molar-refractivity contribution >= 4 is 42.4 Å². The van der Waals surface area contributed by atoms with Gasteiger partial charge >= 0.3 is 12.1 Å². The molecule has 1 aromatic carbocycles. The van der Waals surface area contributed by atoms with Gasteiger partial charge in [-0.2, -0.15) is 6.41 Å². The fourth-order valence-electron chi connectivity index (χ4n) is 3.82. The number of hydrogen-bond donors (Lipinski definition) is 6. The zero-order valence-corrected chi connectivity index (χ0v) is 38.0. The number of methoxy groups -OCH3 is 1. The number of halogens is 1. The van der Waals surface area contributed by atoms with Crippen molar-refractivity contribution in [1.82, 2.24) is 21.3 Å². The maximum absolute atomic E-state index is 13.0. The zero-order valence-electron chi connectivity index (χ0n) is 35.6. The number of aliphatic carboxylic acids is 1. The van der Waals surface area contributed by atoms with E-state index in [0.717, 1.165) is 0 Å². The maximum Gasteiger partial charge on any atom is 0.409 e. The van der Waals surface area contributed by atoms with Gasteiger partial charge in [0.1, 0.15) is 6.67 Å². The van der Waals surface area contributed by atoms with Gasteiger partial charge in [-0.15, -0.1) is 0 Å². The summed E-state index contributed by atoms with van der Waals surface area (Å²) in [5, 5.41) is 20.5. The molecule has 1 rings (SSSR count). The smallest absolute Gasteiger partial charge is 0.409 e. The van der Waals surface area contributed by atoms with Gasteiger partial charge in [0.05, 0.1) is 106 Å². The van der Waals surface area contributed by atoms with E-state index in [9.17, 15) is 33.2 Å². The van der Waals surface area contributed by atoms with E-state index in [1.807, 2.05) is 33.0 Å². The molecule has 0 saturated heterocycles. The molecule has 0 aromatic heterocycles. The summed E-state index contributed by atoms with van der Waals surface area (Å²) in [6.07, 6.45) is -0.971. The molecule has 61 heavy (non-hydrogen) atoms. The van der Waals surface area contributed by atoms with Crippen LogP contribution in [0.5, 0.6) is 0 Å². The van der Waals surface area contributed by atoms with E-state index in [-0.39, 0.29) is 44.5 Å². The third-order valence-corrected chi connectivity index (χ3v) is 6.61. The number of carboxylic acids is 1. The minimum atomic E-state index is -1.87. The molecular formula is C38H65FFmN5O16-. The number of carboxylic acid groups (broad SMARTS) is 1. The quantitative estimate of drug-likeness (QED) is 0.0232. The number of carbonyl (C=O) groups is 5. The van der Waals surface area contributed by atoms with Crippen LogP contribution in [-0.2, 0) is 66.6 Å². The summed E-state index contributed by atoms with van der Waals surface area (Å²) in [5.41, 5.74) is 0.478. The number of amides is 5. The molecule has 358 valence electrons. The minimum absolute atomic E-state index is 0. The topological polar surface area (TPSA) is 266 Å². The van der Waals surface area contributed by atoms with Crippen molar-refractivity contribution < 1.29 is 80.9 Å². The first-order valence-corrected chi connectivity index (χ1v) is 19.4. The number of rotatable bonds is 36. The van der Waals surface area contributed by atoms with Gasteiger partial charge in [0.2, 0.25) is 18.4 Å². The Hall–Kier alpha value is -5.55. The second-order valence-corrected chi connectivity index (χ2v) is 11.6. The Morgan fingerprint density at radius 3 is 1.56 bits per heavy atom. The third kappa shape index (κ3) is 37.2. The Balaban J connectivity index is -0.00000341. The molecule has 0 bridgehead atoms. The van der Waals surface area contributed by atoms with Crippen molar-refractivity contribution in [1.29, 1.82) is 0 Å². The van der Waals surface area contributed by atoms with Crippen LogP contribution < -0.4 is 26.6 Å². The Morgan fingerprint density at radius 1 is 0.754 bits per heavy atom. The van der Waals surface area contributed by atoms with Crippen LogP contribution in [0.1, 0.15) is 39.4 Å². The van der Waals surface area contributed by atoms with Gasteiger partial charge in [-0.25, -0.2) is 14.0 Å². The average Bonchev–Trinajstić information content (AvgIpc) is 3.23. The zero-order chi connectivity index (χ0) is 45.1. The molecule has 21 nitrogen and oxygen atoms in total. The SMILES string of the molecule is CC.CC(C)N[C-]=O.COCCOCCOCCOCCOCCOCCOCCOCCNC(=O)C(OC(=O)NC(CF)C(=O)O)c1ccc(NC(=O)CNC=O)cc1.[Fm]. The first-order valence-electron chi connectivity index (χ1n) is 19.4. The Bertz CT molecular complexity index is 1240. The van der Waals surface area contributed by atoms with Gasteiger partial charge in [-0.1, -0.05) is 26.0 Å². The fraction of sp³-hybridized carbons (Fsp3) is 0.684. The van der Waals surface area contributed by atoms with E-state index in [4.69, 9.17) is 47.7 Å². The van der Waals surface area contributed by atoms with Crippen LogP contribution in [0.15, 0.2) is 24.3 Å². The van der Waals surface area contributed by atoms with E-state index in [1.165, 1.54) is 24.3 Å². The number of carbonyl (C=O) groups excluding carboxylic acids is 5. The first kappa shape index (κ1) is 59.8. The molecule has 0 heterocycles. The normalized spacial score (nSPS) is 11.2. The Labute approximate surface area is 351 Å². The number of benzene rings is 1. The fourth-order valence-corrected chi connectivity index (χ4v) is 3.82. The standard InChI is InChI=1S/C32H51FN4O15.C4H8NO.C2H6.Fm/c1-44-8-9-46-12-13-48-16-17-50-20-21-51-19-18-49-15-14-47-11-10-45-7-6-35-30(40)29(52-32(43)37-27(22-33)31(41)42)25-2-4-26(5-3-25)36-28(39)23-34-24-38;1-4(2)5-3-6;1-2;/h2-5,24,27,29H,6-23H2,1H3,(H,34,38)(H,35,40)(H,36,39)(H,37,43)(H,41,42);4H,1-2H3,(H,5,6);1-2H3;/q;-1;;. The molecule has 23 heteroatoms. The number of alkyl halides is 1. The first-order chi connectivity index (χ1) is 29.1. The predicted molar refractivity (Wildman–Crippen MR) is 215 cm³/mol. The Kier molecular flexibility index (Phi) is 43.1. The van der Waals surface area contributed by atoms with Crippen molar-refractivity contribution in [3.05, 3.63) is 29.8 Å². The summed E-state index contributed by atoms with van der Waals surface area (Å²) < 4.78 is 60.8. The molecule has 2 unspecified atom stereocenters. The largest absolute Gasteiger partial charge is 0.528 e. The van der Waals surface area contributed by atoms with Gasteiger partial charge in [0.15, 0.2) is 6.04 Å². The predicted octanol–water partition coefficient (Wildman–Crippen LogP) is 0.518. The van der Waals surface area contributed by atoms with Crippen molar-refractivity contribution in [3.63, 3.8) is 0 Å². The van der Waals surface area contributed by atoms with Crippen molar-refractivity contribution in [3.8, 4) is 0 Å². The molecule has 0 aliphatic heterocycles. The summed E-state index contributed by atoms with van der Waals surface area (Å²) in [6.45, 7) is 12.1. The summed E-state index contributed by atoms with van der Waals surface area (Å²) in [5.74, 6) is -2.91. The molecule has 0 aliphatic carbocycles. The van der Waals surface area contributed by atoms with Crippen LogP contribution in [0, 0.1) is 0 Å². The second kappa shape index (κ2) is 44.0. The number of ether oxygens (including phenoxy) is 9. The van der Waals surface area contributed by atoms with E-state index < -0.39 is 42.7 Å². The molecule has 2 atom stereocenters. The van der Waals surface area contributed by atoms with Crippen molar-refractivity contribution in [2.75, 3.05) is 131 Å². The van der Waals surface area contributed by atoms with Crippen LogP contribution in [0.4, 0.5) is 14.9 Å². The molecular weight excluding hydrogens is 1060 g/mol. The van der Waals surface area contributed by atoms with Crippen LogP contribution in [-0.4, -0.2) is 180 Å². The molecule has 6 N–H and O–H groups in total. The van der Waals surface area contributed by atoms with E-state index in [1.54, 1.807) is 13.5 Å². The number of anilines is 1. The van der Waals surface area contributed by atoms with Crippen LogP contribution in [0.2, 0.25) is 0 Å². The van der Waals surface area contributed by atoms with Crippen LogP contribution >= 0.6 is 0 Å². The van der Waals surface area contributed by atoms with Gasteiger partial charge in [0, 0.05) is 24.9 Å². The number of alkyl carbamates (subject to hydrolysis) is 1. The van der Waals surface area contributed by atoms with Crippen molar-refractivity contribution in [2.45, 2.75) is 45.9 Å². The van der Waals surface area contributed by atoms with E-state index in [2.05, 4.69) is 21.3 Å².